The smallest absolute Gasteiger partial charge is 0.275 e. The summed E-state index contributed by atoms with van der Waals surface area (Å²) >= 11 is 0. The van der Waals surface area contributed by atoms with E-state index in [1.807, 2.05) is 27.7 Å². The Balaban J connectivity index is 2.32. The fraction of sp³-hybridized carbons (Fsp3) is 0.435. The Bertz CT molecular complexity index is 1360. The van der Waals surface area contributed by atoms with Gasteiger partial charge in [-0.3, -0.25) is 4.79 Å². The summed E-state index contributed by atoms with van der Waals surface area (Å²) in [5.41, 5.74) is 2.48. The van der Waals surface area contributed by atoms with E-state index in [0.29, 0.717) is 54.8 Å². The Kier molecular flexibility index (Phi) is 8.11. The largest absolute Gasteiger partial charge is 0.493 e. The van der Waals surface area contributed by atoms with Crippen LogP contribution in [0.3, 0.4) is 0 Å². The van der Waals surface area contributed by atoms with Gasteiger partial charge in [-0.05, 0) is 49.9 Å². The van der Waals surface area contributed by atoms with Gasteiger partial charge in [-0.25, -0.2) is 17.7 Å². The van der Waals surface area contributed by atoms with Crippen molar-refractivity contribution in [2.45, 2.75) is 58.3 Å². The van der Waals surface area contributed by atoms with Gasteiger partial charge >= 0.3 is 0 Å². The van der Waals surface area contributed by atoms with Crippen molar-refractivity contribution in [1.82, 2.24) is 19.3 Å². The number of fused-ring (bicyclic) bond motifs is 1. The fourth-order valence-corrected chi connectivity index (χ4v) is 5.10. The van der Waals surface area contributed by atoms with Crippen LogP contribution in [-0.2, 0) is 22.9 Å². The predicted molar refractivity (Wildman–Crippen MR) is 131 cm³/mol. The number of ether oxygens (including phenoxy) is 1. The zero-order chi connectivity index (χ0) is 24.9. The summed E-state index contributed by atoms with van der Waals surface area (Å²) in [5.74, 6) is 0.576. The quantitative estimate of drug-likeness (QED) is 0.215. The number of oxime groups is 1. The summed E-state index contributed by atoms with van der Waals surface area (Å²) in [4.78, 5) is 16.1. The molecule has 0 aliphatic carbocycles. The normalized spacial score (nSPS) is 12.1. The third-order valence-corrected chi connectivity index (χ3v) is 6.88. The molecule has 2 heterocycles. The summed E-state index contributed by atoms with van der Waals surface area (Å²) in [5, 5.41) is 17.1. The molecule has 0 fully saturated rings. The molecule has 0 amide bonds. The first-order valence-corrected chi connectivity index (χ1v) is 12.9. The van der Waals surface area contributed by atoms with Gasteiger partial charge in [0, 0.05) is 12.1 Å². The van der Waals surface area contributed by atoms with Gasteiger partial charge in [0.15, 0.2) is 5.82 Å². The summed E-state index contributed by atoms with van der Waals surface area (Å²) in [7, 11) is -3.75. The summed E-state index contributed by atoms with van der Waals surface area (Å²) in [6, 6.07) is 4.48. The number of aromatic amines is 1. The molecule has 3 aromatic rings. The third kappa shape index (κ3) is 4.85. The molecule has 34 heavy (non-hydrogen) atoms. The van der Waals surface area contributed by atoms with Crippen LogP contribution in [0.2, 0.25) is 0 Å². The Morgan fingerprint density at radius 3 is 2.62 bits per heavy atom. The zero-order valence-corrected chi connectivity index (χ0v) is 20.7. The van der Waals surface area contributed by atoms with E-state index in [0.717, 1.165) is 17.7 Å². The maximum absolute atomic E-state index is 13.2. The zero-order valence-electron chi connectivity index (χ0n) is 19.9. The van der Waals surface area contributed by atoms with E-state index in [-0.39, 0.29) is 16.3 Å². The van der Waals surface area contributed by atoms with Crippen LogP contribution >= 0.6 is 0 Å². The van der Waals surface area contributed by atoms with Crippen LogP contribution in [0, 0.1) is 0 Å². The molecule has 0 unspecified atom stereocenters. The molecule has 3 rings (SSSR count). The minimum atomic E-state index is -3.75. The van der Waals surface area contributed by atoms with E-state index in [1.54, 1.807) is 10.6 Å². The second-order valence-electron chi connectivity index (χ2n) is 7.74. The standard InChI is InChI=1S/C23H31N5O5S/c1-5-9-19-18(14-24-30)16(7-3)21-23(29)26-22(27-28(19)21)17-13-15(10-11-20(17)33-8-4)34(31,32)25-12-6-2/h10-11,13-14,25,30H,5-9,12H2,1-4H3,(H,26,27,29)/b24-14+. The first-order chi connectivity index (χ1) is 16.3. The van der Waals surface area contributed by atoms with Crippen molar-refractivity contribution in [3.05, 3.63) is 45.4 Å². The van der Waals surface area contributed by atoms with Crippen molar-refractivity contribution in [3.63, 3.8) is 0 Å². The van der Waals surface area contributed by atoms with Gasteiger partial charge in [0.25, 0.3) is 5.56 Å². The number of hydrogen-bond donors (Lipinski definition) is 3. The molecule has 2 aromatic heterocycles. The highest BCUT2D eigenvalue weighted by Crippen LogP contribution is 2.31. The Labute approximate surface area is 198 Å². The van der Waals surface area contributed by atoms with Gasteiger partial charge in [-0.15, -0.1) is 5.10 Å². The lowest BCUT2D eigenvalue weighted by molar-refractivity contribution is 0.322. The average molecular weight is 490 g/mol. The molecule has 0 saturated carbocycles. The van der Waals surface area contributed by atoms with E-state index in [2.05, 4.69) is 20.0 Å². The van der Waals surface area contributed by atoms with Crippen molar-refractivity contribution in [3.8, 4) is 17.1 Å². The highest BCUT2D eigenvalue weighted by molar-refractivity contribution is 7.89. The topological polar surface area (TPSA) is 138 Å². The molecule has 0 saturated heterocycles. The molecule has 3 N–H and O–H groups in total. The molecule has 1 aromatic carbocycles. The lowest BCUT2D eigenvalue weighted by Gasteiger charge is -2.13. The van der Waals surface area contributed by atoms with Gasteiger partial charge in [0.2, 0.25) is 10.0 Å². The van der Waals surface area contributed by atoms with Crippen LogP contribution in [0.4, 0.5) is 0 Å². The molecule has 0 bridgehead atoms. The van der Waals surface area contributed by atoms with Crippen molar-refractivity contribution >= 4 is 21.8 Å². The number of benzene rings is 1. The van der Waals surface area contributed by atoms with Crippen LogP contribution in [0.25, 0.3) is 16.9 Å². The monoisotopic (exact) mass is 489 g/mol. The highest BCUT2D eigenvalue weighted by atomic mass is 32.2. The summed E-state index contributed by atoms with van der Waals surface area (Å²) < 4.78 is 35.3. The number of nitrogens with zero attached hydrogens (tertiary/aromatic N) is 3. The molecule has 0 atom stereocenters. The van der Waals surface area contributed by atoms with Gasteiger partial charge in [0.05, 0.1) is 29.0 Å². The van der Waals surface area contributed by atoms with Crippen molar-refractivity contribution in [2.24, 2.45) is 5.16 Å². The van der Waals surface area contributed by atoms with Crippen LogP contribution in [0.5, 0.6) is 5.75 Å². The molecular weight excluding hydrogens is 458 g/mol. The first kappa shape index (κ1) is 25.4. The maximum atomic E-state index is 13.2. The Morgan fingerprint density at radius 1 is 1.24 bits per heavy atom. The second kappa shape index (κ2) is 10.8. The number of rotatable bonds is 11. The Hall–Kier alpha value is -3.18. The van der Waals surface area contributed by atoms with E-state index in [1.165, 1.54) is 18.3 Å². The molecule has 10 nitrogen and oxygen atoms in total. The van der Waals surface area contributed by atoms with Crippen LogP contribution < -0.4 is 15.0 Å². The summed E-state index contributed by atoms with van der Waals surface area (Å²) in [6.45, 7) is 8.27. The number of sulfonamides is 1. The molecule has 0 radical (unpaired) electrons. The number of aromatic nitrogens is 3. The fourth-order valence-electron chi connectivity index (χ4n) is 3.94. The van der Waals surface area contributed by atoms with Gasteiger partial charge < -0.3 is 14.9 Å². The number of hydrogen-bond acceptors (Lipinski definition) is 7. The minimum Gasteiger partial charge on any atom is -0.493 e. The van der Waals surface area contributed by atoms with Crippen LogP contribution in [-0.4, -0.2) is 47.6 Å². The first-order valence-electron chi connectivity index (χ1n) is 11.4. The van der Waals surface area contributed by atoms with E-state index < -0.39 is 10.0 Å². The molecule has 11 heteroatoms. The van der Waals surface area contributed by atoms with Crippen molar-refractivity contribution in [1.29, 1.82) is 0 Å². The predicted octanol–water partition coefficient (Wildman–Crippen LogP) is 3.10. The van der Waals surface area contributed by atoms with E-state index in [9.17, 15) is 18.4 Å². The molecule has 0 aliphatic heterocycles. The third-order valence-electron chi connectivity index (χ3n) is 5.42. The van der Waals surface area contributed by atoms with Crippen LogP contribution in [0.1, 0.15) is 57.4 Å². The van der Waals surface area contributed by atoms with Crippen molar-refractivity contribution in [2.75, 3.05) is 13.2 Å². The van der Waals surface area contributed by atoms with Gasteiger partial charge in [-0.2, -0.15) is 0 Å². The van der Waals surface area contributed by atoms with Crippen molar-refractivity contribution < 1.29 is 18.4 Å². The lowest BCUT2D eigenvalue weighted by atomic mass is 10.1. The lowest BCUT2D eigenvalue weighted by Crippen LogP contribution is -2.24. The molecule has 184 valence electrons. The van der Waals surface area contributed by atoms with E-state index in [4.69, 9.17) is 4.74 Å². The number of H-pyrrole nitrogens is 1. The average Bonchev–Trinajstić information content (AvgIpc) is 3.11. The number of nitrogens with one attached hydrogen (secondary N) is 2. The molecule has 0 aliphatic rings. The molecule has 0 spiro atoms. The second-order valence-corrected chi connectivity index (χ2v) is 9.51. The highest BCUT2D eigenvalue weighted by Gasteiger charge is 2.23. The maximum Gasteiger partial charge on any atom is 0.275 e. The van der Waals surface area contributed by atoms with Crippen LogP contribution in [0.15, 0.2) is 33.0 Å². The molecular formula is C23H31N5O5S. The summed E-state index contributed by atoms with van der Waals surface area (Å²) in [6.07, 6.45) is 3.91. The van der Waals surface area contributed by atoms with Gasteiger partial charge in [0.1, 0.15) is 11.3 Å². The van der Waals surface area contributed by atoms with E-state index >= 15 is 0 Å². The minimum absolute atomic E-state index is 0.0470. The van der Waals surface area contributed by atoms with Gasteiger partial charge in [-0.1, -0.05) is 32.3 Å². The SMILES string of the molecule is CCCNS(=O)(=O)c1ccc(OCC)c(-c2nn3c(CCC)c(/C=N/O)c(CC)c3c(=O)[nH]2)c1. The number of aryl methyl sites for hydroxylation is 2. The Morgan fingerprint density at radius 2 is 2.00 bits per heavy atom.